The topological polar surface area (TPSA) is 121 Å². The Hall–Kier alpha value is -3.18. The van der Waals surface area contributed by atoms with Crippen LogP contribution in [0.4, 0.5) is 11.4 Å². The van der Waals surface area contributed by atoms with Crippen LogP contribution in [-0.2, 0) is 11.3 Å². The standard InChI is InChI=1S/C20H14Br2N2O7/c1-29-20(26)11-2-4-13(5-3-11)30-10-14-6-7-17(31-14)19(25)23-18-15(21)8-12(24(27)28)9-16(18)22/h2-9H,10H2,1H3,(H,23,25). The van der Waals surface area contributed by atoms with E-state index in [0.29, 0.717) is 31.7 Å². The van der Waals surface area contributed by atoms with Crippen molar-refractivity contribution in [2.24, 2.45) is 0 Å². The molecule has 31 heavy (non-hydrogen) atoms. The summed E-state index contributed by atoms with van der Waals surface area (Å²) in [6.45, 7) is 0.0652. The molecule has 0 fully saturated rings. The third kappa shape index (κ3) is 5.50. The fourth-order valence-electron chi connectivity index (χ4n) is 2.50. The van der Waals surface area contributed by atoms with Gasteiger partial charge < -0.3 is 19.2 Å². The molecule has 0 spiro atoms. The van der Waals surface area contributed by atoms with Gasteiger partial charge in [0.05, 0.1) is 23.3 Å². The number of rotatable bonds is 7. The second kappa shape index (κ2) is 9.75. The van der Waals surface area contributed by atoms with Crippen LogP contribution in [0, 0.1) is 10.1 Å². The van der Waals surface area contributed by atoms with E-state index in [0.717, 1.165) is 0 Å². The molecule has 1 heterocycles. The number of nitrogens with zero attached hydrogens (tertiary/aromatic N) is 1. The molecule has 3 aromatic rings. The number of halogens is 2. The maximum Gasteiger partial charge on any atom is 0.337 e. The molecular weight excluding hydrogens is 540 g/mol. The normalized spacial score (nSPS) is 10.4. The van der Waals surface area contributed by atoms with E-state index in [4.69, 9.17) is 9.15 Å². The van der Waals surface area contributed by atoms with Crippen LogP contribution in [0.1, 0.15) is 26.7 Å². The van der Waals surface area contributed by atoms with Crippen LogP contribution in [0.5, 0.6) is 5.75 Å². The number of methoxy groups -OCH3 is 1. The van der Waals surface area contributed by atoms with E-state index in [2.05, 4.69) is 41.9 Å². The lowest BCUT2D eigenvalue weighted by Crippen LogP contribution is -2.12. The van der Waals surface area contributed by atoms with Crippen molar-refractivity contribution >= 4 is 55.1 Å². The average molecular weight is 554 g/mol. The van der Waals surface area contributed by atoms with Gasteiger partial charge in [-0.25, -0.2) is 4.79 Å². The third-order valence-corrected chi connectivity index (χ3v) is 5.27. The Balaban J connectivity index is 1.63. The minimum atomic E-state index is -0.539. The molecule has 0 aliphatic carbocycles. The van der Waals surface area contributed by atoms with E-state index in [-0.39, 0.29) is 18.1 Å². The molecule has 0 aliphatic rings. The number of furan rings is 1. The summed E-state index contributed by atoms with van der Waals surface area (Å²) in [5.74, 6) is -0.0296. The molecule has 11 heteroatoms. The predicted molar refractivity (Wildman–Crippen MR) is 117 cm³/mol. The number of non-ortho nitro benzene ring substituents is 1. The molecule has 160 valence electrons. The summed E-state index contributed by atoms with van der Waals surface area (Å²) in [7, 11) is 1.30. The monoisotopic (exact) mass is 552 g/mol. The summed E-state index contributed by atoms with van der Waals surface area (Å²) in [5.41, 5.74) is 0.597. The van der Waals surface area contributed by atoms with Crippen LogP contribution >= 0.6 is 31.9 Å². The molecular formula is C20H14Br2N2O7. The van der Waals surface area contributed by atoms with Gasteiger partial charge in [0.15, 0.2) is 5.76 Å². The van der Waals surface area contributed by atoms with Crippen molar-refractivity contribution in [3.63, 3.8) is 0 Å². The summed E-state index contributed by atoms with van der Waals surface area (Å²) >= 11 is 6.43. The molecule has 0 bridgehead atoms. The van der Waals surface area contributed by atoms with Crippen LogP contribution in [0.3, 0.4) is 0 Å². The number of nitro benzene ring substituents is 1. The van der Waals surface area contributed by atoms with Crippen molar-refractivity contribution in [1.82, 2.24) is 0 Å². The fourth-order valence-corrected chi connectivity index (χ4v) is 3.86. The Kier molecular flexibility index (Phi) is 7.08. The largest absolute Gasteiger partial charge is 0.486 e. The van der Waals surface area contributed by atoms with Crippen LogP contribution in [0.15, 0.2) is 61.9 Å². The number of esters is 1. The van der Waals surface area contributed by atoms with E-state index in [1.165, 1.54) is 25.3 Å². The highest BCUT2D eigenvalue weighted by Crippen LogP contribution is 2.35. The fraction of sp³-hybridized carbons (Fsp3) is 0.100. The lowest BCUT2D eigenvalue weighted by atomic mass is 10.2. The van der Waals surface area contributed by atoms with Gasteiger partial charge in [-0.1, -0.05) is 0 Å². The van der Waals surface area contributed by atoms with Crippen molar-refractivity contribution in [2.45, 2.75) is 6.61 Å². The van der Waals surface area contributed by atoms with Gasteiger partial charge in [0.1, 0.15) is 18.1 Å². The molecule has 2 aromatic carbocycles. The number of carbonyl (C=O) groups is 2. The molecule has 0 unspecified atom stereocenters. The van der Waals surface area contributed by atoms with Crippen LogP contribution in [0.25, 0.3) is 0 Å². The van der Waals surface area contributed by atoms with E-state index in [9.17, 15) is 19.7 Å². The molecule has 0 atom stereocenters. The summed E-state index contributed by atoms with van der Waals surface area (Å²) in [5, 5.41) is 13.6. The van der Waals surface area contributed by atoms with Crippen molar-refractivity contribution in [3.05, 3.63) is 84.7 Å². The first kappa shape index (κ1) is 22.5. The van der Waals surface area contributed by atoms with Gasteiger partial charge in [-0.05, 0) is 68.3 Å². The minimum absolute atomic E-state index is 0.0387. The highest BCUT2D eigenvalue weighted by molar-refractivity contribution is 9.11. The van der Waals surface area contributed by atoms with Gasteiger partial charge in [-0.3, -0.25) is 14.9 Å². The zero-order valence-corrected chi connectivity index (χ0v) is 19.1. The van der Waals surface area contributed by atoms with Crippen molar-refractivity contribution in [2.75, 3.05) is 12.4 Å². The number of nitro groups is 1. The van der Waals surface area contributed by atoms with Crippen LogP contribution in [-0.4, -0.2) is 23.9 Å². The molecule has 0 saturated carbocycles. The van der Waals surface area contributed by atoms with Crippen LogP contribution in [0.2, 0.25) is 0 Å². The smallest absolute Gasteiger partial charge is 0.337 e. The summed E-state index contributed by atoms with van der Waals surface area (Å²) < 4.78 is 16.4. The molecule has 0 radical (unpaired) electrons. The number of hydrogen-bond donors (Lipinski definition) is 1. The Morgan fingerprint density at radius 2 is 1.74 bits per heavy atom. The number of ether oxygens (including phenoxy) is 2. The van der Waals surface area contributed by atoms with E-state index < -0.39 is 16.8 Å². The molecule has 1 N–H and O–H groups in total. The summed E-state index contributed by atoms with van der Waals surface area (Å²) in [4.78, 5) is 34.3. The number of anilines is 1. The quantitative estimate of drug-likeness (QED) is 0.238. The number of benzene rings is 2. The van der Waals surface area contributed by atoms with Crippen LogP contribution < -0.4 is 10.1 Å². The minimum Gasteiger partial charge on any atom is -0.486 e. The second-order valence-electron chi connectivity index (χ2n) is 6.07. The summed E-state index contributed by atoms with van der Waals surface area (Å²) in [6.07, 6.45) is 0. The first-order valence-corrected chi connectivity index (χ1v) is 10.2. The van der Waals surface area contributed by atoms with Crippen molar-refractivity contribution in [1.29, 1.82) is 0 Å². The zero-order chi connectivity index (χ0) is 22.5. The van der Waals surface area contributed by atoms with Gasteiger partial charge in [0.25, 0.3) is 11.6 Å². The summed E-state index contributed by atoms with van der Waals surface area (Å²) in [6, 6.07) is 12.0. The van der Waals surface area contributed by atoms with Gasteiger partial charge >= 0.3 is 5.97 Å². The highest BCUT2D eigenvalue weighted by atomic mass is 79.9. The second-order valence-corrected chi connectivity index (χ2v) is 7.77. The lowest BCUT2D eigenvalue weighted by Gasteiger charge is -2.08. The number of nitrogens with one attached hydrogen (secondary N) is 1. The number of amides is 1. The molecule has 0 aliphatic heterocycles. The molecule has 1 amide bonds. The number of carbonyl (C=O) groups excluding carboxylic acids is 2. The Labute approximate surface area is 192 Å². The maximum atomic E-state index is 12.5. The average Bonchev–Trinajstić information content (AvgIpc) is 3.23. The van der Waals surface area contributed by atoms with Crippen molar-refractivity contribution in [3.8, 4) is 5.75 Å². The third-order valence-electron chi connectivity index (χ3n) is 4.02. The first-order valence-electron chi connectivity index (χ1n) is 8.63. The van der Waals surface area contributed by atoms with E-state index in [1.54, 1.807) is 30.3 Å². The van der Waals surface area contributed by atoms with Gasteiger partial charge in [-0.15, -0.1) is 0 Å². The lowest BCUT2D eigenvalue weighted by molar-refractivity contribution is -0.385. The SMILES string of the molecule is COC(=O)c1ccc(OCc2ccc(C(=O)Nc3c(Br)cc([N+](=O)[O-])cc3Br)o2)cc1. The molecule has 0 saturated heterocycles. The number of hydrogen-bond acceptors (Lipinski definition) is 7. The van der Waals surface area contributed by atoms with E-state index >= 15 is 0 Å². The maximum absolute atomic E-state index is 12.5. The molecule has 1 aromatic heterocycles. The molecule has 3 rings (SSSR count). The Bertz CT molecular complexity index is 1120. The van der Waals surface area contributed by atoms with E-state index in [1.807, 2.05) is 0 Å². The predicted octanol–water partition coefficient (Wildman–Crippen LogP) is 5.33. The zero-order valence-electron chi connectivity index (χ0n) is 15.9. The van der Waals surface area contributed by atoms with Gasteiger partial charge in [-0.2, -0.15) is 0 Å². The van der Waals surface area contributed by atoms with Crippen molar-refractivity contribution < 1.29 is 28.4 Å². The highest BCUT2D eigenvalue weighted by Gasteiger charge is 2.18. The first-order chi connectivity index (χ1) is 14.8. The molecule has 9 nitrogen and oxygen atoms in total. The Morgan fingerprint density at radius 1 is 1.10 bits per heavy atom. The van der Waals surface area contributed by atoms with Gasteiger partial charge in [0.2, 0.25) is 0 Å². The van der Waals surface area contributed by atoms with Gasteiger partial charge in [0, 0.05) is 21.1 Å². The Morgan fingerprint density at radius 3 is 2.32 bits per heavy atom.